The quantitative estimate of drug-likeness (QED) is 0.444. The van der Waals surface area contributed by atoms with Crippen molar-refractivity contribution >= 4 is 5.97 Å². The van der Waals surface area contributed by atoms with Crippen molar-refractivity contribution in [1.82, 2.24) is 10.2 Å². The maximum absolute atomic E-state index is 10.4. The molecule has 0 rings (SSSR count). The third-order valence-corrected chi connectivity index (χ3v) is 1.87. The molecule has 82 valence electrons. The molecule has 0 saturated carbocycles. The molecule has 0 aliphatic carbocycles. The van der Waals surface area contributed by atoms with Crippen molar-refractivity contribution in [2.75, 3.05) is 33.7 Å². The third kappa shape index (κ3) is 7.76. The smallest absolute Gasteiger partial charge is 0.330 e. The summed E-state index contributed by atoms with van der Waals surface area (Å²) in [7, 11) is 4.04. The fourth-order valence-electron chi connectivity index (χ4n) is 0.961. The molecule has 0 bridgehead atoms. The first kappa shape index (κ1) is 13.1. The topological polar surface area (TPSA) is 52.6 Å². The molecule has 4 heteroatoms. The number of carbonyl (C=O) groups is 1. The van der Waals surface area contributed by atoms with E-state index in [0.717, 1.165) is 26.1 Å². The van der Waals surface area contributed by atoms with Crippen molar-refractivity contribution in [1.29, 1.82) is 0 Å². The van der Waals surface area contributed by atoms with Gasteiger partial charge in [0.2, 0.25) is 0 Å². The lowest BCUT2D eigenvalue weighted by molar-refractivity contribution is -0.132. The Kier molecular flexibility index (Phi) is 7.06. The molecule has 0 atom stereocenters. The minimum Gasteiger partial charge on any atom is -0.478 e. The number of nitrogens with one attached hydrogen (secondary N) is 1. The number of hydrogen-bond acceptors (Lipinski definition) is 3. The molecular formula is C10H20N2O2. The van der Waals surface area contributed by atoms with Crippen molar-refractivity contribution in [3.8, 4) is 0 Å². The van der Waals surface area contributed by atoms with Gasteiger partial charge in [-0.05, 0) is 33.5 Å². The zero-order valence-electron chi connectivity index (χ0n) is 9.05. The van der Waals surface area contributed by atoms with Gasteiger partial charge in [0.05, 0.1) is 0 Å². The summed E-state index contributed by atoms with van der Waals surface area (Å²) >= 11 is 0. The van der Waals surface area contributed by atoms with Crippen LogP contribution in [0.3, 0.4) is 0 Å². The number of aliphatic carboxylic acids is 1. The highest BCUT2D eigenvalue weighted by molar-refractivity contribution is 5.85. The molecule has 0 aromatic rings. The normalized spacial score (nSPS) is 10.5. The molecule has 4 nitrogen and oxygen atoms in total. The monoisotopic (exact) mass is 200 g/mol. The van der Waals surface area contributed by atoms with Crippen LogP contribution in [-0.2, 0) is 4.79 Å². The van der Waals surface area contributed by atoms with Gasteiger partial charge in [0.25, 0.3) is 0 Å². The number of rotatable bonds is 8. The number of likely N-dealkylation sites (N-methyl/N-ethyl adjacent to an activating group) is 1. The second-order valence-corrected chi connectivity index (χ2v) is 3.57. The number of hydrogen-bond donors (Lipinski definition) is 2. The molecule has 0 aromatic carbocycles. The van der Waals surface area contributed by atoms with Gasteiger partial charge in [-0.2, -0.15) is 0 Å². The summed E-state index contributed by atoms with van der Waals surface area (Å²) in [5.74, 6) is -0.890. The summed E-state index contributed by atoms with van der Waals surface area (Å²) in [6.07, 6.45) is 1.39. The molecule has 0 amide bonds. The van der Waals surface area contributed by atoms with E-state index < -0.39 is 5.97 Å². The van der Waals surface area contributed by atoms with Gasteiger partial charge in [-0.3, -0.25) is 0 Å². The molecule has 0 heterocycles. The highest BCUT2D eigenvalue weighted by Crippen LogP contribution is 2.00. The lowest BCUT2D eigenvalue weighted by Crippen LogP contribution is -2.27. The standard InChI is InChI=1S/C10H20N2O2/c1-9(10(13)14)5-4-6-11-7-8-12(2)3/h11H,1,4-8H2,2-3H3,(H,13,14). The van der Waals surface area contributed by atoms with Gasteiger partial charge >= 0.3 is 5.97 Å². The Hall–Kier alpha value is -0.870. The molecule has 0 radical (unpaired) electrons. The summed E-state index contributed by atoms with van der Waals surface area (Å²) in [4.78, 5) is 12.5. The second kappa shape index (κ2) is 7.53. The molecule has 0 aliphatic rings. The SMILES string of the molecule is C=C(CCCNCCN(C)C)C(=O)O. The summed E-state index contributed by atoms with van der Waals surface area (Å²) in [5, 5.41) is 11.8. The first-order chi connectivity index (χ1) is 6.54. The maximum atomic E-state index is 10.4. The summed E-state index contributed by atoms with van der Waals surface area (Å²) in [6.45, 7) is 6.25. The summed E-state index contributed by atoms with van der Waals surface area (Å²) < 4.78 is 0. The van der Waals surface area contributed by atoms with Crippen LogP contribution in [0.1, 0.15) is 12.8 Å². The molecule has 0 aromatic heterocycles. The zero-order chi connectivity index (χ0) is 11.0. The molecule has 0 spiro atoms. The van der Waals surface area contributed by atoms with Gasteiger partial charge in [-0.15, -0.1) is 0 Å². The van der Waals surface area contributed by atoms with Crippen LogP contribution in [0.5, 0.6) is 0 Å². The van der Waals surface area contributed by atoms with E-state index in [0.29, 0.717) is 12.0 Å². The molecular weight excluding hydrogens is 180 g/mol. The second-order valence-electron chi connectivity index (χ2n) is 3.57. The highest BCUT2D eigenvalue weighted by Gasteiger charge is 2.02. The van der Waals surface area contributed by atoms with Gasteiger partial charge in [0, 0.05) is 18.7 Å². The van der Waals surface area contributed by atoms with Gasteiger partial charge in [0.1, 0.15) is 0 Å². The van der Waals surface area contributed by atoms with E-state index in [1.165, 1.54) is 0 Å². The molecule has 0 saturated heterocycles. The zero-order valence-corrected chi connectivity index (χ0v) is 9.05. The Bertz CT molecular complexity index is 191. The van der Waals surface area contributed by atoms with Crippen molar-refractivity contribution in [3.05, 3.63) is 12.2 Å². The van der Waals surface area contributed by atoms with Crippen molar-refractivity contribution in [3.63, 3.8) is 0 Å². The van der Waals surface area contributed by atoms with E-state index in [-0.39, 0.29) is 0 Å². The molecule has 2 N–H and O–H groups in total. The number of nitrogens with zero attached hydrogens (tertiary/aromatic N) is 1. The predicted octanol–water partition coefficient (Wildman–Crippen LogP) is 0.559. The largest absolute Gasteiger partial charge is 0.478 e. The lowest BCUT2D eigenvalue weighted by atomic mass is 10.2. The van der Waals surface area contributed by atoms with Crippen molar-refractivity contribution < 1.29 is 9.90 Å². The Balaban J connectivity index is 3.22. The lowest BCUT2D eigenvalue weighted by Gasteiger charge is -2.09. The van der Waals surface area contributed by atoms with Crippen molar-refractivity contribution in [2.45, 2.75) is 12.8 Å². The van der Waals surface area contributed by atoms with E-state index in [4.69, 9.17) is 5.11 Å². The predicted molar refractivity (Wildman–Crippen MR) is 57.4 cm³/mol. The Morgan fingerprint density at radius 3 is 2.57 bits per heavy atom. The third-order valence-electron chi connectivity index (χ3n) is 1.87. The van der Waals surface area contributed by atoms with Crippen LogP contribution in [0.15, 0.2) is 12.2 Å². The van der Waals surface area contributed by atoms with Crippen LogP contribution in [0.25, 0.3) is 0 Å². The van der Waals surface area contributed by atoms with Crippen LogP contribution < -0.4 is 5.32 Å². The molecule has 14 heavy (non-hydrogen) atoms. The number of carboxylic acid groups (broad SMARTS) is 1. The van der Waals surface area contributed by atoms with Gasteiger partial charge < -0.3 is 15.3 Å². The first-order valence-electron chi connectivity index (χ1n) is 4.80. The minimum atomic E-state index is -0.890. The van der Waals surface area contributed by atoms with Crippen LogP contribution in [-0.4, -0.2) is 49.7 Å². The molecule has 0 unspecified atom stereocenters. The Labute approximate surface area is 85.6 Å². The number of carboxylic acids is 1. The van der Waals surface area contributed by atoms with Crippen molar-refractivity contribution in [2.24, 2.45) is 0 Å². The Morgan fingerprint density at radius 2 is 2.07 bits per heavy atom. The average Bonchev–Trinajstić information content (AvgIpc) is 2.09. The maximum Gasteiger partial charge on any atom is 0.330 e. The van der Waals surface area contributed by atoms with Gasteiger partial charge in [-0.25, -0.2) is 4.79 Å². The fraction of sp³-hybridized carbons (Fsp3) is 0.700. The van der Waals surface area contributed by atoms with E-state index in [1.54, 1.807) is 0 Å². The van der Waals surface area contributed by atoms with Gasteiger partial charge in [0.15, 0.2) is 0 Å². The van der Waals surface area contributed by atoms with Gasteiger partial charge in [-0.1, -0.05) is 6.58 Å². The van der Waals surface area contributed by atoms with Crippen LogP contribution in [0, 0.1) is 0 Å². The average molecular weight is 200 g/mol. The molecule has 0 fully saturated rings. The highest BCUT2D eigenvalue weighted by atomic mass is 16.4. The van der Waals surface area contributed by atoms with Crippen LogP contribution in [0.4, 0.5) is 0 Å². The van der Waals surface area contributed by atoms with E-state index >= 15 is 0 Å². The van der Waals surface area contributed by atoms with Crippen LogP contribution in [0.2, 0.25) is 0 Å². The Morgan fingerprint density at radius 1 is 1.43 bits per heavy atom. The van der Waals surface area contributed by atoms with E-state index in [2.05, 4.69) is 16.8 Å². The fourth-order valence-corrected chi connectivity index (χ4v) is 0.961. The summed E-state index contributed by atoms with van der Waals surface area (Å²) in [5.41, 5.74) is 0.291. The van der Waals surface area contributed by atoms with Crippen LogP contribution >= 0.6 is 0 Å². The first-order valence-corrected chi connectivity index (χ1v) is 4.80. The molecule has 0 aliphatic heterocycles. The minimum absolute atomic E-state index is 0.291. The van der Waals surface area contributed by atoms with E-state index in [9.17, 15) is 4.79 Å². The summed E-state index contributed by atoms with van der Waals surface area (Å²) in [6, 6.07) is 0. The van der Waals surface area contributed by atoms with E-state index in [1.807, 2.05) is 14.1 Å².